The van der Waals surface area contributed by atoms with Gasteiger partial charge in [-0.25, -0.2) is 9.37 Å². The third-order valence-electron chi connectivity index (χ3n) is 3.90. The molecule has 0 saturated heterocycles. The molecule has 7 heteroatoms. The highest BCUT2D eigenvalue weighted by atomic mass is 32.1. The van der Waals surface area contributed by atoms with Gasteiger partial charge in [0, 0.05) is 29.5 Å². The Bertz CT molecular complexity index is 1060. The highest BCUT2D eigenvalue weighted by Gasteiger charge is 2.09. The summed E-state index contributed by atoms with van der Waals surface area (Å²) in [6.45, 7) is 0.282. The summed E-state index contributed by atoms with van der Waals surface area (Å²) in [6.07, 6.45) is 3.98. The van der Waals surface area contributed by atoms with E-state index in [2.05, 4.69) is 10.3 Å². The van der Waals surface area contributed by atoms with Gasteiger partial charge in [0.1, 0.15) is 18.2 Å². The number of fused-ring (bicyclic) bond motifs is 1. The van der Waals surface area contributed by atoms with Gasteiger partial charge in [-0.15, -0.1) is 11.3 Å². The van der Waals surface area contributed by atoms with Crippen molar-refractivity contribution < 1.29 is 13.9 Å². The Balaban J connectivity index is 1.36. The topological polar surface area (TPSA) is 55.6 Å². The molecule has 0 atom stereocenters. The molecule has 0 spiro atoms. The number of amides is 1. The number of carbonyl (C=O) groups is 1. The lowest BCUT2D eigenvalue weighted by atomic mass is 10.2. The number of anilines is 1. The third kappa shape index (κ3) is 4.32. The van der Waals surface area contributed by atoms with E-state index in [0.29, 0.717) is 11.4 Å². The summed E-state index contributed by atoms with van der Waals surface area (Å²) in [6, 6.07) is 13.4. The molecule has 5 nitrogen and oxygen atoms in total. The minimum absolute atomic E-state index is 0.135. The molecule has 4 aromatic rings. The van der Waals surface area contributed by atoms with Crippen LogP contribution in [0, 0.1) is 5.82 Å². The van der Waals surface area contributed by atoms with Gasteiger partial charge in [-0.05, 0) is 29.8 Å². The fourth-order valence-corrected chi connectivity index (χ4v) is 3.41. The molecular formula is C20H16FN3O2S. The standard InChI is InChI=1S/C20H16FN3O2S/c21-15-4-2-6-18(10-15)26-13-14-3-1-5-16(9-14)22-19(25)11-17-12-24-7-8-27-20(24)23-17/h1-10,12H,11,13H2,(H,22,25). The summed E-state index contributed by atoms with van der Waals surface area (Å²) in [7, 11) is 0. The smallest absolute Gasteiger partial charge is 0.230 e. The quantitative estimate of drug-likeness (QED) is 0.542. The van der Waals surface area contributed by atoms with Gasteiger partial charge in [0.25, 0.3) is 0 Å². The monoisotopic (exact) mass is 381 g/mol. The first-order valence-electron chi connectivity index (χ1n) is 8.34. The molecule has 0 aliphatic carbocycles. The number of aromatic nitrogens is 2. The normalized spacial score (nSPS) is 10.9. The fraction of sp³-hybridized carbons (Fsp3) is 0.100. The number of nitrogens with one attached hydrogen (secondary N) is 1. The molecule has 27 heavy (non-hydrogen) atoms. The summed E-state index contributed by atoms with van der Waals surface area (Å²) >= 11 is 1.53. The first-order valence-corrected chi connectivity index (χ1v) is 9.22. The van der Waals surface area contributed by atoms with E-state index in [0.717, 1.165) is 16.2 Å². The number of carbonyl (C=O) groups excluding carboxylic acids is 1. The zero-order valence-electron chi connectivity index (χ0n) is 14.3. The van der Waals surface area contributed by atoms with Crippen molar-refractivity contribution >= 4 is 27.9 Å². The fourth-order valence-electron chi connectivity index (χ4n) is 2.69. The van der Waals surface area contributed by atoms with E-state index < -0.39 is 0 Å². The van der Waals surface area contributed by atoms with Crippen LogP contribution in [-0.2, 0) is 17.8 Å². The second-order valence-electron chi connectivity index (χ2n) is 6.00. The highest BCUT2D eigenvalue weighted by Crippen LogP contribution is 2.17. The maximum Gasteiger partial charge on any atom is 0.230 e. The van der Waals surface area contributed by atoms with Crippen LogP contribution in [0.4, 0.5) is 10.1 Å². The van der Waals surface area contributed by atoms with E-state index in [4.69, 9.17) is 4.74 Å². The largest absolute Gasteiger partial charge is 0.489 e. The number of hydrogen-bond acceptors (Lipinski definition) is 4. The molecule has 1 amide bonds. The van der Waals surface area contributed by atoms with Crippen LogP contribution in [0.5, 0.6) is 5.75 Å². The maximum absolute atomic E-state index is 13.2. The summed E-state index contributed by atoms with van der Waals surface area (Å²) in [5.41, 5.74) is 2.28. The number of ether oxygens (including phenoxy) is 1. The Kier molecular flexibility index (Phi) is 4.84. The van der Waals surface area contributed by atoms with E-state index in [9.17, 15) is 9.18 Å². The van der Waals surface area contributed by atoms with Gasteiger partial charge >= 0.3 is 0 Å². The van der Waals surface area contributed by atoms with Crippen molar-refractivity contribution in [1.29, 1.82) is 0 Å². The van der Waals surface area contributed by atoms with E-state index in [1.807, 2.05) is 46.4 Å². The Labute approximate surface area is 159 Å². The SMILES string of the molecule is O=C(Cc1cn2ccsc2n1)Nc1cccc(COc2cccc(F)c2)c1. The molecule has 0 fully saturated rings. The molecule has 0 bridgehead atoms. The molecular weight excluding hydrogens is 365 g/mol. The van der Waals surface area contributed by atoms with E-state index in [1.54, 1.807) is 12.1 Å². The van der Waals surface area contributed by atoms with Crippen LogP contribution in [0.2, 0.25) is 0 Å². The van der Waals surface area contributed by atoms with Gasteiger partial charge in [0.05, 0.1) is 12.1 Å². The van der Waals surface area contributed by atoms with Crippen LogP contribution in [0.15, 0.2) is 66.3 Å². The Morgan fingerprint density at radius 3 is 2.96 bits per heavy atom. The van der Waals surface area contributed by atoms with E-state index >= 15 is 0 Å². The minimum atomic E-state index is -0.340. The number of thiazole rings is 1. The molecule has 136 valence electrons. The molecule has 0 radical (unpaired) electrons. The zero-order chi connectivity index (χ0) is 18.6. The second-order valence-corrected chi connectivity index (χ2v) is 6.87. The van der Waals surface area contributed by atoms with Crippen molar-refractivity contribution in [2.24, 2.45) is 0 Å². The van der Waals surface area contributed by atoms with Crippen LogP contribution in [0.3, 0.4) is 0 Å². The lowest BCUT2D eigenvalue weighted by Gasteiger charge is -2.09. The zero-order valence-corrected chi connectivity index (χ0v) is 15.1. The molecule has 4 rings (SSSR count). The third-order valence-corrected chi connectivity index (χ3v) is 4.67. The predicted molar refractivity (Wildman–Crippen MR) is 103 cm³/mol. The predicted octanol–water partition coefficient (Wildman–Crippen LogP) is 4.30. The molecule has 2 heterocycles. The number of imidazole rings is 1. The van der Waals surface area contributed by atoms with Gasteiger partial charge in [-0.3, -0.25) is 9.20 Å². The van der Waals surface area contributed by atoms with Gasteiger partial charge in [-0.2, -0.15) is 0 Å². The molecule has 2 aromatic heterocycles. The number of nitrogens with zero attached hydrogens (tertiary/aromatic N) is 2. The van der Waals surface area contributed by atoms with Crippen molar-refractivity contribution in [3.05, 3.63) is 83.4 Å². The van der Waals surface area contributed by atoms with Crippen molar-refractivity contribution in [3.63, 3.8) is 0 Å². The number of benzene rings is 2. The van der Waals surface area contributed by atoms with Crippen LogP contribution in [-0.4, -0.2) is 15.3 Å². The molecule has 0 saturated carbocycles. The molecule has 0 aliphatic rings. The highest BCUT2D eigenvalue weighted by molar-refractivity contribution is 7.15. The average molecular weight is 381 g/mol. The number of hydrogen-bond donors (Lipinski definition) is 1. The Hall–Kier alpha value is -3.19. The maximum atomic E-state index is 13.2. The van der Waals surface area contributed by atoms with Gasteiger partial charge in [-0.1, -0.05) is 18.2 Å². The van der Waals surface area contributed by atoms with Gasteiger partial charge < -0.3 is 10.1 Å². The number of rotatable bonds is 6. The average Bonchev–Trinajstić information content (AvgIpc) is 3.22. The van der Waals surface area contributed by atoms with Crippen LogP contribution in [0.25, 0.3) is 4.96 Å². The second kappa shape index (κ2) is 7.59. The molecule has 0 aliphatic heterocycles. The summed E-state index contributed by atoms with van der Waals surface area (Å²) in [5, 5.41) is 4.82. The summed E-state index contributed by atoms with van der Waals surface area (Å²) < 4.78 is 20.7. The molecule has 0 unspecified atom stereocenters. The lowest BCUT2D eigenvalue weighted by Crippen LogP contribution is -2.14. The Morgan fingerprint density at radius 1 is 1.22 bits per heavy atom. The van der Waals surface area contributed by atoms with E-state index in [-0.39, 0.29) is 24.8 Å². The minimum Gasteiger partial charge on any atom is -0.489 e. The molecule has 2 aromatic carbocycles. The first-order chi connectivity index (χ1) is 13.2. The van der Waals surface area contributed by atoms with Crippen molar-refractivity contribution in [3.8, 4) is 5.75 Å². The van der Waals surface area contributed by atoms with Crippen molar-refractivity contribution in [1.82, 2.24) is 9.38 Å². The van der Waals surface area contributed by atoms with Crippen molar-refractivity contribution in [2.75, 3.05) is 5.32 Å². The van der Waals surface area contributed by atoms with Crippen LogP contribution in [0.1, 0.15) is 11.3 Å². The van der Waals surface area contributed by atoms with Gasteiger partial charge in [0.2, 0.25) is 5.91 Å². The van der Waals surface area contributed by atoms with E-state index in [1.165, 1.54) is 23.5 Å². The van der Waals surface area contributed by atoms with Gasteiger partial charge in [0.15, 0.2) is 4.96 Å². The lowest BCUT2D eigenvalue weighted by molar-refractivity contribution is -0.115. The Morgan fingerprint density at radius 2 is 2.11 bits per heavy atom. The molecule has 1 N–H and O–H groups in total. The number of halogens is 1. The first kappa shape index (κ1) is 17.2. The summed E-state index contributed by atoms with van der Waals surface area (Å²) in [4.78, 5) is 17.6. The van der Waals surface area contributed by atoms with Crippen LogP contribution < -0.4 is 10.1 Å². The van der Waals surface area contributed by atoms with Crippen molar-refractivity contribution in [2.45, 2.75) is 13.0 Å². The van der Waals surface area contributed by atoms with Crippen LogP contribution >= 0.6 is 11.3 Å². The summed E-state index contributed by atoms with van der Waals surface area (Å²) in [5.74, 6) is -0.0131.